The van der Waals surface area contributed by atoms with Crippen LogP contribution in [0.5, 0.6) is 0 Å². The number of carbonyl (C=O) groups is 2. The molecule has 1 amide bonds. The van der Waals surface area contributed by atoms with Crippen LogP contribution < -0.4 is 5.32 Å². The molecule has 2 rings (SSSR count). The van der Waals surface area contributed by atoms with Crippen LogP contribution in [0.2, 0.25) is 0 Å². The van der Waals surface area contributed by atoms with Crippen molar-refractivity contribution in [3.8, 4) is 0 Å². The molecule has 28 heavy (non-hydrogen) atoms. The Morgan fingerprint density at radius 2 is 1.68 bits per heavy atom. The van der Waals surface area contributed by atoms with Crippen LogP contribution in [0.4, 0.5) is 10.1 Å². The lowest BCUT2D eigenvalue weighted by Gasteiger charge is -2.16. The molecular weight excluding hydrogens is 387 g/mol. The van der Waals surface area contributed by atoms with Crippen LogP contribution in [0, 0.1) is 5.82 Å². The summed E-state index contributed by atoms with van der Waals surface area (Å²) >= 11 is 0. The third kappa shape index (κ3) is 5.86. The Morgan fingerprint density at radius 3 is 2.25 bits per heavy atom. The Bertz CT molecular complexity index is 928. The van der Waals surface area contributed by atoms with E-state index >= 15 is 0 Å². The lowest BCUT2D eigenvalue weighted by molar-refractivity contribution is -0.147. The number of rotatable bonds is 8. The Labute approximate surface area is 163 Å². The summed E-state index contributed by atoms with van der Waals surface area (Å²) in [5.41, 5.74) is 1.68. The van der Waals surface area contributed by atoms with E-state index < -0.39 is 40.9 Å². The topological polar surface area (TPSA) is 92.8 Å². The molecule has 150 valence electrons. The van der Waals surface area contributed by atoms with Crippen LogP contribution in [0.25, 0.3) is 0 Å². The first kappa shape index (κ1) is 21.5. The van der Waals surface area contributed by atoms with Crippen LogP contribution in [-0.2, 0) is 30.8 Å². The number of amides is 1. The summed E-state index contributed by atoms with van der Waals surface area (Å²) in [6, 6.07) is 11.4. The summed E-state index contributed by atoms with van der Waals surface area (Å²) in [7, 11) is -2.79. The number of nitrogens with one attached hydrogen (secondary N) is 1. The van der Waals surface area contributed by atoms with Crippen molar-refractivity contribution in [3.63, 3.8) is 0 Å². The Balaban J connectivity index is 1.85. The highest BCUT2D eigenvalue weighted by Gasteiger charge is 2.24. The number of anilines is 1. The van der Waals surface area contributed by atoms with E-state index in [1.165, 1.54) is 7.05 Å². The fraction of sp³-hybridized carbons (Fsp3) is 0.263. The van der Waals surface area contributed by atoms with Crippen molar-refractivity contribution in [2.45, 2.75) is 18.2 Å². The quantitative estimate of drug-likeness (QED) is 0.676. The number of aryl methyl sites for hydroxylation is 1. The van der Waals surface area contributed by atoms with Gasteiger partial charge in [0.15, 0.2) is 6.61 Å². The standard InChI is InChI=1S/C19H21FN2O5S/c1-3-14-4-8-16(9-5-14)21-18(23)13-27-19(24)12-22(2)28(25,26)17-10-6-15(20)7-11-17/h4-11H,3,12-13H2,1-2H3,(H,21,23). The Hall–Kier alpha value is -2.78. The second-order valence-electron chi connectivity index (χ2n) is 5.97. The van der Waals surface area contributed by atoms with Gasteiger partial charge in [0.25, 0.3) is 5.91 Å². The fourth-order valence-corrected chi connectivity index (χ4v) is 3.38. The van der Waals surface area contributed by atoms with E-state index in [-0.39, 0.29) is 4.90 Å². The molecule has 0 aliphatic heterocycles. The van der Waals surface area contributed by atoms with E-state index in [4.69, 9.17) is 4.74 Å². The number of esters is 1. The number of hydrogen-bond donors (Lipinski definition) is 1. The summed E-state index contributed by atoms with van der Waals surface area (Å²) in [4.78, 5) is 23.6. The normalized spacial score (nSPS) is 11.3. The van der Waals surface area contributed by atoms with Gasteiger partial charge in [-0.25, -0.2) is 12.8 Å². The number of carbonyl (C=O) groups excluding carboxylic acids is 2. The van der Waals surface area contributed by atoms with Gasteiger partial charge in [0, 0.05) is 12.7 Å². The average Bonchev–Trinajstić information content (AvgIpc) is 2.67. The molecule has 9 heteroatoms. The molecule has 0 unspecified atom stereocenters. The number of likely N-dealkylation sites (N-methyl/N-ethyl adjacent to an activating group) is 1. The minimum atomic E-state index is -3.98. The van der Waals surface area contributed by atoms with Crippen LogP contribution in [0.3, 0.4) is 0 Å². The van der Waals surface area contributed by atoms with Crippen LogP contribution in [0.15, 0.2) is 53.4 Å². The number of ether oxygens (including phenoxy) is 1. The summed E-state index contributed by atoms with van der Waals surface area (Å²) in [6.07, 6.45) is 0.875. The third-order valence-electron chi connectivity index (χ3n) is 3.88. The second-order valence-corrected chi connectivity index (χ2v) is 8.02. The van der Waals surface area contributed by atoms with Gasteiger partial charge in [-0.1, -0.05) is 19.1 Å². The highest BCUT2D eigenvalue weighted by Crippen LogP contribution is 2.14. The van der Waals surface area contributed by atoms with Gasteiger partial charge in [-0.05, 0) is 48.4 Å². The van der Waals surface area contributed by atoms with Crippen molar-refractivity contribution in [1.82, 2.24) is 4.31 Å². The zero-order valence-electron chi connectivity index (χ0n) is 15.5. The van der Waals surface area contributed by atoms with Gasteiger partial charge in [-0.2, -0.15) is 4.31 Å². The summed E-state index contributed by atoms with van der Waals surface area (Å²) in [5.74, 6) is -2.00. The minimum absolute atomic E-state index is 0.155. The van der Waals surface area contributed by atoms with Crippen molar-refractivity contribution < 1.29 is 27.1 Å². The zero-order chi connectivity index (χ0) is 20.7. The lowest BCUT2D eigenvalue weighted by Crippen LogP contribution is -2.34. The molecule has 0 aliphatic carbocycles. The molecule has 0 heterocycles. The van der Waals surface area contributed by atoms with E-state index in [2.05, 4.69) is 5.32 Å². The SMILES string of the molecule is CCc1ccc(NC(=O)COC(=O)CN(C)S(=O)(=O)c2ccc(F)cc2)cc1. The van der Waals surface area contributed by atoms with Crippen molar-refractivity contribution in [2.24, 2.45) is 0 Å². The van der Waals surface area contributed by atoms with Gasteiger partial charge in [-0.3, -0.25) is 9.59 Å². The van der Waals surface area contributed by atoms with E-state index in [1.807, 2.05) is 19.1 Å². The molecule has 0 saturated heterocycles. The maximum atomic E-state index is 12.9. The molecule has 0 radical (unpaired) electrons. The highest BCUT2D eigenvalue weighted by molar-refractivity contribution is 7.89. The molecule has 2 aromatic rings. The molecule has 0 fully saturated rings. The average molecular weight is 408 g/mol. The molecule has 0 spiro atoms. The largest absolute Gasteiger partial charge is 0.455 e. The molecule has 1 N–H and O–H groups in total. The molecule has 0 saturated carbocycles. The Morgan fingerprint density at radius 1 is 1.07 bits per heavy atom. The summed E-state index contributed by atoms with van der Waals surface area (Å²) in [6.45, 7) is 0.886. The monoisotopic (exact) mass is 408 g/mol. The van der Waals surface area contributed by atoms with Crippen LogP contribution >= 0.6 is 0 Å². The fourth-order valence-electron chi connectivity index (χ4n) is 2.27. The predicted molar refractivity (Wildman–Crippen MR) is 102 cm³/mol. The maximum absolute atomic E-state index is 12.9. The first-order valence-electron chi connectivity index (χ1n) is 8.48. The van der Waals surface area contributed by atoms with Crippen molar-refractivity contribution in [1.29, 1.82) is 0 Å². The molecule has 0 aromatic heterocycles. The molecular formula is C19H21FN2O5S. The number of benzene rings is 2. The van der Waals surface area contributed by atoms with Crippen LogP contribution in [-0.4, -0.2) is 44.8 Å². The smallest absolute Gasteiger partial charge is 0.321 e. The van der Waals surface area contributed by atoms with Gasteiger partial charge < -0.3 is 10.1 Å². The maximum Gasteiger partial charge on any atom is 0.321 e. The Kier molecular flexibility index (Phi) is 7.24. The molecule has 2 aromatic carbocycles. The van der Waals surface area contributed by atoms with E-state index in [9.17, 15) is 22.4 Å². The molecule has 0 atom stereocenters. The molecule has 7 nitrogen and oxygen atoms in total. The van der Waals surface area contributed by atoms with Crippen molar-refractivity contribution >= 4 is 27.6 Å². The van der Waals surface area contributed by atoms with Crippen LogP contribution in [0.1, 0.15) is 12.5 Å². The predicted octanol–water partition coefficient (Wildman–Crippen LogP) is 2.19. The second kappa shape index (κ2) is 9.43. The van der Waals surface area contributed by atoms with Gasteiger partial charge in [0.05, 0.1) is 4.90 Å². The van der Waals surface area contributed by atoms with E-state index in [1.54, 1.807) is 12.1 Å². The molecule has 0 aliphatic rings. The highest BCUT2D eigenvalue weighted by atomic mass is 32.2. The van der Waals surface area contributed by atoms with Crippen molar-refractivity contribution in [2.75, 3.05) is 25.5 Å². The van der Waals surface area contributed by atoms with E-state index in [0.29, 0.717) is 5.69 Å². The lowest BCUT2D eigenvalue weighted by atomic mass is 10.1. The van der Waals surface area contributed by atoms with Gasteiger partial charge in [-0.15, -0.1) is 0 Å². The first-order valence-corrected chi connectivity index (χ1v) is 9.92. The number of sulfonamides is 1. The minimum Gasteiger partial charge on any atom is -0.455 e. The van der Waals surface area contributed by atoms with Crippen molar-refractivity contribution in [3.05, 3.63) is 59.9 Å². The first-order chi connectivity index (χ1) is 13.2. The number of halogens is 1. The van der Waals surface area contributed by atoms with Gasteiger partial charge in [0.1, 0.15) is 12.4 Å². The number of hydrogen-bond acceptors (Lipinski definition) is 5. The number of nitrogens with zero attached hydrogens (tertiary/aromatic N) is 1. The summed E-state index contributed by atoms with van der Waals surface area (Å²) < 4.78 is 43.2. The zero-order valence-corrected chi connectivity index (χ0v) is 16.3. The third-order valence-corrected chi connectivity index (χ3v) is 5.70. The molecule has 0 bridgehead atoms. The van der Waals surface area contributed by atoms with Gasteiger partial charge >= 0.3 is 5.97 Å². The summed E-state index contributed by atoms with van der Waals surface area (Å²) in [5, 5.41) is 2.58. The van der Waals surface area contributed by atoms with E-state index in [0.717, 1.165) is 40.6 Å². The van der Waals surface area contributed by atoms with Gasteiger partial charge in [0.2, 0.25) is 10.0 Å².